The van der Waals surface area contributed by atoms with E-state index >= 15 is 0 Å². The van der Waals surface area contributed by atoms with Gasteiger partial charge in [0.05, 0.1) is 0 Å². The quantitative estimate of drug-likeness (QED) is 0.491. The zero-order valence-electron chi connectivity index (χ0n) is 11.9. The van der Waals surface area contributed by atoms with E-state index in [0.29, 0.717) is 5.75 Å². The van der Waals surface area contributed by atoms with E-state index in [1.165, 1.54) is 13.0 Å². The summed E-state index contributed by atoms with van der Waals surface area (Å²) in [7, 11) is 0. The molecule has 1 unspecified atom stereocenters. The summed E-state index contributed by atoms with van der Waals surface area (Å²) < 4.78 is 10.1. The van der Waals surface area contributed by atoms with Gasteiger partial charge in [-0.15, -0.1) is 0 Å². The Morgan fingerprint density at radius 3 is 2.52 bits per heavy atom. The van der Waals surface area contributed by atoms with Gasteiger partial charge in [-0.1, -0.05) is 36.4 Å². The van der Waals surface area contributed by atoms with Gasteiger partial charge in [0.2, 0.25) is 0 Å². The van der Waals surface area contributed by atoms with Crippen LogP contribution in [0.1, 0.15) is 13.8 Å². The third-order valence-electron chi connectivity index (χ3n) is 2.87. The molecule has 0 saturated heterocycles. The molecule has 0 spiro atoms. The van der Waals surface area contributed by atoms with Gasteiger partial charge in [-0.25, -0.2) is 9.59 Å². The number of allylic oxidation sites excluding steroid dienone is 1. The van der Waals surface area contributed by atoms with Crippen molar-refractivity contribution >= 4 is 22.7 Å². The normalized spacial score (nSPS) is 12.3. The number of esters is 2. The summed E-state index contributed by atoms with van der Waals surface area (Å²) in [5.74, 6) is -0.753. The van der Waals surface area contributed by atoms with Gasteiger partial charge in [-0.2, -0.15) is 0 Å². The zero-order valence-corrected chi connectivity index (χ0v) is 11.9. The van der Waals surface area contributed by atoms with Crippen LogP contribution >= 0.6 is 0 Å². The lowest BCUT2D eigenvalue weighted by atomic mass is 10.1. The summed E-state index contributed by atoms with van der Waals surface area (Å²) in [6, 6.07) is 13.1. The topological polar surface area (TPSA) is 52.6 Å². The second-order valence-corrected chi connectivity index (χ2v) is 4.51. The van der Waals surface area contributed by atoms with Gasteiger partial charge in [-0.3, -0.25) is 0 Å². The molecule has 0 aliphatic rings. The van der Waals surface area contributed by atoms with Crippen molar-refractivity contribution in [1.29, 1.82) is 0 Å². The molecule has 0 amide bonds. The number of hydrogen-bond donors (Lipinski definition) is 0. The SMILES string of the molecule is C/C=C\C(=O)OC(C)C(=O)Oc1ccc2ccccc2c1. The van der Waals surface area contributed by atoms with Gasteiger partial charge in [0.25, 0.3) is 0 Å². The van der Waals surface area contributed by atoms with E-state index in [0.717, 1.165) is 10.8 Å². The van der Waals surface area contributed by atoms with Crippen molar-refractivity contribution < 1.29 is 19.1 Å². The van der Waals surface area contributed by atoms with Crippen molar-refractivity contribution in [3.05, 3.63) is 54.6 Å². The third kappa shape index (κ3) is 3.92. The Morgan fingerprint density at radius 1 is 1.10 bits per heavy atom. The highest BCUT2D eigenvalue weighted by atomic mass is 16.6. The lowest BCUT2D eigenvalue weighted by Crippen LogP contribution is -2.27. The molecule has 2 rings (SSSR count). The van der Waals surface area contributed by atoms with Crippen LogP contribution in [0.2, 0.25) is 0 Å². The summed E-state index contributed by atoms with van der Waals surface area (Å²) in [4.78, 5) is 23.1. The highest BCUT2D eigenvalue weighted by Gasteiger charge is 2.18. The van der Waals surface area contributed by atoms with Crippen molar-refractivity contribution in [3.8, 4) is 5.75 Å². The molecule has 4 nitrogen and oxygen atoms in total. The molecule has 0 heterocycles. The number of carbonyl (C=O) groups excluding carboxylic acids is 2. The van der Waals surface area contributed by atoms with Crippen LogP contribution < -0.4 is 4.74 Å². The van der Waals surface area contributed by atoms with Crippen LogP contribution in [0.15, 0.2) is 54.6 Å². The second-order valence-electron chi connectivity index (χ2n) is 4.51. The van der Waals surface area contributed by atoms with Crippen molar-refractivity contribution in [2.45, 2.75) is 20.0 Å². The molecule has 0 aliphatic carbocycles. The summed E-state index contributed by atoms with van der Waals surface area (Å²) in [6.07, 6.45) is 1.84. The van der Waals surface area contributed by atoms with E-state index in [9.17, 15) is 9.59 Å². The molecule has 4 heteroatoms. The van der Waals surface area contributed by atoms with E-state index in [4.69, 9.17) is 9.47 Å². The Balaban J connectivity index is 2.05. The van der Waals surface area contributed by atoms with E-state index in [-0.39, 0.29) is 0 Å². The average Bonchev–Trinajstić information content (AvgIpc) is 2.47. The van der Waals surface area contributed by atoms with Crippen LogP contribution in [0.4, 0.5) is 0 Å². The van der Waals surface area contributed by atoms with Gasteiger partial charge >= 0.3 is 11.9 Å². The van der Waals surface area contributed by atoms with Crippen LogP contribution in [-0.2, 0) is 14.3 Å². The van der Waals surface area contributed by atoms with E-state index in [1.54, 1.807) is 25.1 Å². The Hall–Kier alpha value is -2.62. The van der Waals surface area contributed by atoms with Crippen LogP contribution in [-0.4, -0.2) is 18.0 Å². The van der Waals surface area contributed by atoms with Crippen LogP contribution in [0.25, 0.3) is 10.8 Å². The fraction of sp³-hybridized carbons (Fsp3) is 0.176. The van der Waals surface area contributed by atoms with Gasteiger partial charge in [0.1, 0.15) is 5.75 Å². The Kier molecular flexibility index (Phi) is 4.72. The number of carbonyl (C=O) groups is 2. The number of ether oxygens (including phenoxy) is 2. The molecule has 2 aromatic rings. The molecule has 2 aromatic carbocycles. The minimum atomic E-state index is -0.958. The lowest BCUT2D eigenvalue weighted by molar-refractivity contribution is -0.157. The van der Waals surface area contributed by atoms with Gasteiger partial charge in [0.15, 0.2) is 6.10 Å². The van der Waals surface area contributed by atoms with Crippen molar-refractivity contribution in [1.82, 2.24) is 0 Å². The number of fused-ring (bicyclic) bond motifs is 1. The number of hydrogen-bond acceptors (Lipinski definition) is 4. The lowest BCUT2D eigenvalue weighted by Gasteiger charge is -2.11. The summed E-state index contributed by atoms with van der Waals surface area (Å²) in [5, 5.41) is 2.03. The molecule has 1 atom stereocenters. The number of benzene rings is 2. The molecule has 0 fully saturated rings. The largest absolute Gasteiger partial charge is 0.447 e. The predicted octanol–water partition coefficient (Wildman–Crippen LogP) is 3.25. The average molecular weight is 284 g/mol. The van der Waals surface area contributed by atoms with Gasteiger partial charge in [-0.05, 0) is 36.8 Å². The molecule has 0 N–H and O–H groups in total. The van der Waals surface area contributed by atoms with Crippen LogP contribution in [0.3, 0.4) is 0 Å². The first-order valence-corrected chi connectivity index (χ1v) is 6.64. The summed E-state index contributed by atoms with van der Waals surface area (Å²) >= 11 is 0. The highest BCUT2D eigenvalue weighted by Crippen LogP contribution is 2.21. The van der Waals surface area contributed by atoms with E-state index in [2.05, 4.69) is 0 Å². The first-order chi connectivity index (χ1) is 10.1. The molecule has 0 radical (unpaired) electrons. The second kappa shape index (κ2) is 6.70. The predicted molar refractivity (Wildman–Crippen MR) is 80.0 cm³/mol. The van der Waals surface area contributed by atoms with Crippen LogP contribution in [0.5, 0.6) is 5.75 Å². The molecule has 0 bridgehead atoms. The minimum Gasteiger partial charge on any atom is -0.447 e. The van der Waals surface area contributed by atoms with Crippen molar-refractivity contribution in [3.63, 3.8) is 0 Å². The smallest absolute Gasteiger partial charge is 0.352 e. The summed E-state index contributed by atoms with van der Waals surface area (Å²) in [6.45, 7) is 3.17. The van der Waals surface area contributed by atoms with E-state index in [1.807, 2.05) is 30.3 Å². The fourth-order valence-electron chi connectivity index (χ4n) is 1.83. The molecular formula is C17H16O4. The van der Waals surface area contributed by atoms with Crippen molar-refractivity contribution in [2.24, 2.45) is 0 Å². The zero-order chi connectivity index (χ0) is 15.2. The van der Waals surface area contributed by atoms with E-state index < -0.39 is 18.0 Å². The first kappa shape index (κ1) is 14.8. The Labute approximate surface area is 123 Å². The molecule has 21 heavy (non-hydrogen) atoms. The Morgan fingerprint density at radius 2 is 1.81 bits per heavy atom. The van der Waals surface area contributed by atoms with Crippen LogP contribution in [0, 0.1) is 0 Å². The maximum Gasteiger partial charge on any atom is 0.352 e. The molecule has 0 aromatic heterocycles. The molecule has 108 valence electrons. The highest BCUT2D eigenvalue weighted by molar-refractivity contribution is 5.87. The number of rotatable bonds is 4. The molecule has 0 aliphatic heterocycles. The molecule has 0 saturated carbocycles. The fourth-order valence-corrected chi connectivity index (χ4v) is 1.83. The maximum absolute atomic E-state index is 11.9. The Bertz CT molecular complexity index is 688. The van der Waals surface area contributed by atoms with Gasteiger partial charge in [0, 0.05) is 6.08 Å². The maximum atomic E-state index is 11.9. The van der Waals surface area contributed by atoms with Gasteiger partial charge < -0.3 is 9.47 Å². The third-order valence-corrected chi connectivity index (χ3v) is 2.87. The first-order valence-electron chi connectivity index (χ1n) is 6.64. The summed E-state index contributed by atoms with van der Waals surface area (Å²) in [5.41, 5.74) is 0. The standard InChI is InChI=1S/C17H16O4/c1-3-6-16(18)20-12(2)17(19)21-15-10-9-13-7-4-5-8-14(13)11-15/h3-12H,1-2H3/b6-3-. The molecular weight excluding hydrogens is 268 g/mol. The minimum absolute atomic E-state index is 0.424. The monoisotopic (exact) mass is 284 g/mol. The van der Waals surface area contributed by atoms with Crippen molar-refractivity contribution in [2.75, 3.05) is 0 Å².